The van der Waals surface area contributed by atoms with Crippen LogP contribution in [-0.4, -0.2) is 11.8 Å². The van der Waals surface area contributed by atoms with Gasteiger partial charge in [0.2, 0.25) is 0 Å². The maximum absolute atomic E-state index is 12.5. The lowest BCUT2D eigenvalue weighted by Gasteiger charge is -2.25. The number of hydrogen-bond acceptors (Lipinski definition) is 3. The molecule has 4 heteroatoms. The van der Waals surface area contributed by atoms with Crippen LogP contribution >= 0.6 is 15.9 Å². The Morgan fingerprint density at radius 3 is 2.55 bits per heavy atom. The lowest BCUT2D eigenvalue weighted by molar-refractivity contribution is -0.131. The zero-order valence-corrected chi connectivity index (χ0v) is 13.3. The van der Waals surface area contributed by atoms with Crippen molar-refractivity contribution in [3.05, 3.63) is 76.3 Å². The molecule has 0 fully saturated rings. The summed E-state index contributed by atoms with van der Waals surface area (Å²) in [4.78, 5) is 24.4. The van der Waals surface area contributed by atoms with Gasteiger partial charge in [-0.15, -0.1) is 0 Å². The molecule has 0 unspecified atom stereocenters. The molecule has 0 bridgehead atoms. The summed E-state index contributed by atoms with van der Waals surface area (Å²) in [5, 5.41) is 0. The van der Waals surface area contributed by atoms with Crippen molar-refractivity contribution in [1.82, 2.24) is 0 Å². The van der Waals surface area contributed by atoms with Crippen molar-refractivity contribution in [2.24, 2.45) is 0 Å². The monoisotopic (exact) mass is 356 g/mol. The summed E-state index contributed by atoms with van der Waals surface area (Å²) < 4.78 is 6.14. The van der Waals surface area contributed by atoms with Crippen LogP contribution in [0.15, 0.2) is 65.2 Å². The summed E-state index contributed by atoms with van der Waals surface area (Å²) in [6.07, 6.45) is 0.201. The standard InChI is InChI=1S/C18H13BrO3/c1-11-15(10-16(20)12-6-8-13(19)9-7-12)14-4-2-3-5-17(14)22-18(11)21/h2-9,15H,1,10H2/t15-/m1/s1. The van der Waals surface area contributed by atoms with Gasteiger partial charge in [-0.2, -0.15) is 0 Å². The van der Waals surface area contributed by atoms with E-state index in [1.165, 1.54) is 0 Å². The number of para-hydroxylation sites is 1. The van der Waals surface area contributed by atoms with Crippen LogP contribution in [-0.2, 0) is 4.79 Å². The fourth-order valence-corrected chi connectivity index (χ4v) is 2.79. The second kappa shape index (κ2) is 5.89. The highest BCUT2D eigenvalue weighted by atomic mass is 79.9. The quantitative estimate of drug-likeness (QED) is 0.356. The number of fused-ring (bicyclic) bond motifs is 1. The maximum atomic E-state index is 12.5. The molecule has 0 amide bonds. The van der Waals surface area contributed by atoms with Gasteiger partial charge in [0.1, 0.15) is 5.75 Å². The summed E-state index contributed by atoms with van der Waals surface area (Å²) in [5.41, 5.74) is 1.77. The molecule has 0 saturated heterocycles. The fraction of sp³-hybridized carbons (Fsp3) is 0.111. The van der Waals surface area contributed by atoms with Crippen molar-refractivity contribution in [2.45, 2.75) is 12.3 Å². The van der Waals surface area contributed by atoms with Gasteiger partial charge in [0.15, 0.2) is 5.78 Å². The van der Waals surface area contributed by atoms with E-state index in [9.17, 15) is 9.59 Å². The number of carbonyl (C=O) groups excluding carboxylic acids is 2. The van der Waals surface area contributed by atoms with E-state index in [2.05, 4.69) is 22.5 Å². The van der Waals surface area contributed by atoms with Gasteiger partial charge < -0.3 is 4.74 Å². The third-order valence-corrected chi connectivity index (χ3v) is 4.26. The van der Waals surface area contributed by atoms with E-state index >= 15 is 0 Å². The van der Waals surface area contributed by atoms with Crippen LogP contribution in [0.4, 0.5) is 0 Å². The Balaban J connectivity index is 1.90. The topological polar surface area (TPSA) is 43.4 Å². The molecule has 0 spiro atoms. The molecule has 1 atom stereocenters. The number of Topliss-reactive ketones (excluding diaryl/α,β-unsaturated/α-hetero) is 1. The molecule has 0 radical (unpaired) electrons. The molecule has 22 heavy (non-hydrogen) atoms. The number of rotatable bonds is 3. The minimum atomic E-state index is -0.465. The van der Waals surface area contributed by atoms with Gasteiger partial charge in [0.05, 0.1) is 0 Å². The SMILES string of the molecule is C=C1C(=O)Oc2ccccc2[C@@H]1CC(=O)c1ccc(Br)cc1. The molecule has 3 rings (SSSR count). The van der Waals surface area contributed by atoms with Crippen LogP contribution in [0, 0.1) is 0 Å². The largest absolute Gasteiger partial charge is 0.423 e. The van der Waals surface area contributed by atoms with E-state index in [0.717, 1.165) is 10.0 Å². The maximum Gasteiger partial charge on any atom is 0.339 e. The van der Waals surface area contributed by atoms with Crippen LogP contribution < -0.4 is 4.74 Å². The Morgan fingerprint density at radius 2 is 1.82 bits per heavy atom. The Kier molecular flexibility index (Phi) is 3.94. The van der Waals surface area contributed by atoms with Gasteiger partial charge in [-0.05, 0) is 18.2 Å². The van der Waals surface area contributed by atoms with Crippen molar-refractivity contribution in [3.63, 3.8) is 0 Å². The van der Waals surface area contributed by atoms with Crippen LogP contribution in [0.2, 0.25) is 0 Å². The first-order valence-electron chi connectivity index (χ1n) is 6.85. The number of carbonyl (C=O) groups is 2. The average molecular weight is 357 g/mol. The number of hydrogen-bond donors (Lipinski definition) is 0. The van der Waals surface area contributed by atoms with Gasteiger partial charge >= 0.3 is 5.97 Å². The number of ether oxygens (including phenoxy) is 1. The lowest BCUT2D eigenvalue weighted by Crippen LogP contribution is -2.24. The first kappa shape index (κ1) is 14.7. The molecule has 0 aromatic heterocycles. The van der Waals surface area contributed by atoms with E-state index in [4.69, 9.17) is 4.74 Å². The molecule has 3 nitrogen and oxygen atoms in total. The fourth-order valence-electron chi connectivity index (χ4n) is 2.53. The molecule has 1 heterocycles. The molecule has 0 saturated carbocycles. The minimum Gasteiger partial charge on any atom is -0.423 e. The summed E-state index contributed by atoms with van der Waals surface area (Å²) in [5.74, 6) is -0.322. The summed E-state index contributed by atoms with van der Waals surface area (Å²) in [6, 6.07) is 14.4. The molecule has 2 aromatic rings. The highest BCUT2D eigenvalue weighted by molar-refractivity contribution is 9.10. The third-order valence-electron chi connectivity index (χ3n) is 3.74. The lowest BCUT2D eigenvalue weighted by atomic mass is 9.84. The van der Waals surface area contributed by atoms with Crippen molar-refractivity contribution in [1.29, 1.82) is 0 Å². The molecular formula is C18H13BrO3. The van der Waals surface area contributed by atoms with Crippen LogP contribution in [0.5, 0.6) is 5.75 Å². The predicted octanol–water partition coefficient (Wildman–Crippen LogP) is 4.28. The number of benzene rings is 2. The van der Waals surface area contributed by atoms with E-state index in [1.807, 2.05) is 24.3 Å². The van der Waals surface area contributed by atoms with Crippen molar-refractivity contribution < 1.29 is 14.3 Å². The van der Waals surface area contributed by atoms with Gasteiger partial charge in [-0.1, -0.05) is 52.8 Å². The Labute approximate surface area is 136 Å². The summed E-state index contributed by atoms with van der Waals surface area (Å²) in [6.45, 7) is 3.80. The zero-order chi connectivity index (χ0) is 15.7. The van der Waals surface area contributed by atoms with Crippen molar-refractivity contribution in [2.75, 3.05) is 0 Å². The number of halogens is 1. The Hall–Kier alpha value is -2.20. The summed E-state index contributed by atoms with van der Waals surface area (Å²) >= 11 is 3.35. The molecule has 110 valence electrons. The van der Waals surface area contributed by atoms with Crippen LogP contribution in [0.1, 0.15) is 28.3 Å². The normalized spacial score (nSPS) is 16.9. The van der Waals surface area contributed by atoms with Crippen LogP contribution in [0.25, 0.3) is 0 Å². The Morgan fingerprint density at radius 1 is 1.14 bits per heavy atom. The molecule has 0 N–H and O–H groups in total. The smallest absolute Gasteiger partial charge is 0.339 e. The van der Waals surface area contributed by atoms with E-state index in [-0.39, 0.29) is 18.1 Å². The van der Waals surface area contributed by atoms with Gasteiger partial charge in [-0.25, -0.2) is 4.79 Å². The van der Waals surface area contributed by atoms with Gasteiger partial charge in [0.25, 0.3) is 0 Å². The first-order chi connectivity index (χ1) is 10.6. The van der Waals surface area contributed by atoms with Crippen molar-refractivity contribution in [3.8, 4) is 5.75 Å². The summed E-state index contributed by atoms with van der Waals surface area (Å²) in [7, 11) is 0. The van der Waals surface area contributed by atoms with E-state index in [0.29, 0.717) is 16.9 Å². The predicted molar refractivity (Wildman–Crippen MR) is 87.0 cm³/mol. The van der Waals surface area contributed by atoms with Gasteiger partial charge in [-0.3, -0.25) is 4.79 Å². The zero-order valence-electron chi connectivity index (χ0n) is 11.7. The van der Waals surface area contributed by atoms with E-state index in [1.54, 1.807) is 24.3 Å². The van der Waals surface area contributed by atoms with Crippen LogP contribution in [0.3, 0.4) is 0 Å². The molecule has 1 aliphatic heterocycles. The molecule has 1 aliphatic rings. The molecular weight excluding hydrogens is 344 g/mol. The number of ketones is 1. The molecule has 0 aliphatic carbocycles. The highest BCUT2D eigenvalue weighted by Gasteiger charge is 2.32. The van der Waals surface area contributed by atoms with Crippen molar-refractivity contribution >= 4 is 27.7 Å². The Bertz CT molecular complexity index is 762. The minimum absolute atomic E-state index is 0.0249. The third kappa shape index (κ3) is 2.74. The first-order valence-corrected chi connectivity index (χ1v) is 7.64. The van der Waals surface area contributed by atoms with E-state index < -0.39 is 5.97 Å². The number of esters is 1. The molecule has 2 aromatic carbocycles. The second-order valence-corrected chi connectivity index (χ2v) is 6.06. The highest BCUT2D eigenvalue weighted by Crippen LogP contribution is 2.39. The van der Waals surface area contributed by atoms with Gasteiger partial charge in [0, 0.05) is 33.5 Å². The second-order valence-electron chi connectivity index (χ2n) is 5.14. The average Bonchev–Trinajstić information content (AvgIpc) is 2.52.